The van der Waals surface area contributed by atoms with Crippen LogP contribution < -0.4 is 22.6 Å². The van der Waals surface area contributed by atoms with Crippen molar-refractivity contribution in [3.05, 3.63) is 174 Å². The average molecular weight is 613 g/mol. The Balaban J connectivity index is 0.000000628. The molecule has 212 valence electrons. The Morgan fingerprint density at radius 2 is 0.786 bits per heavy atom. The second-order valence-corrected chi connectivity index (χ2v) is 10.4. The summed E-state index contributed by atoms with van der Waals surface area (Å²) >= 11 is 0. The van der Waals surface area contributed by atoms with Crippen LogP contribution in [0.4, 0.5) is 0 Å². The summed E-state index contributed by atoms with van der Waals surface area (Å²) in [5.74, 6) is -1.13. The molecule has 1 heterocycles. The third-order valence-electron chi connectivity index (χ3n) is 7.26. The van der Waals surface area contributed by atoms with Crippen LogP contribution in [0.15, 0.2) is 152 Å². The van der Waals surface area contributed by atoms with Crippen molar-refractivity contribution in [2.24, 2.45) is 0 Å². The molecule has 0 aromatic heterocycles. The molecule has 5 aromatic rings. The maximum Gasteiger partial charge on any atom is 4.00 e. The van der Waals surface area contributed by atoms with E-state index in [1.54, 1.807) is 62.4 Å². The first-order chi connectivity index (χ1) is 19.4. The standard InChI is InChI=1S/C31H28O4.C5H5.ClH.Ti/c1-29(2)34-27(30(32,23-15-7-3-8-16-23)24-17-9-4-10-18-24)28(35-29)31(33,25-19-11-5-12-20-25)26-21-13-6-14-22-26;1-2-4-5-3-1;;/h3-22,27-28H,1-2H3;1-5H;1H;/q-2;-1;;+4/p-1/t27-,28-;;;/m1.../s1. The van der Waals surface area contributed by atoms with Gasteiger partial charge in [0.15, 0.2) is 5.79 Å². The molecular formula is C36H33ClO4Ti. The van der Waals surface area contributed by atoms with Crippen LogP contribution in [0.3, 0.4) is 0 Å². The molecule has 6 rings (SSSR count). The molecule has 1 aliphatic rings. The summed E-state index contributed by atoms with van der Waals surface area (Å²) in [6, 6.07) is 46.5. The van der Waals surface area contributed by atoms with Gasteiger partial charge < -0.3 is 32.1 Å². The SMILES string of the molecule is CC1(C)O[C@@H](C([O-])(c2ccccc2)c2ccccc2)[C@H](C([O-])(c2ccccc2)c2ccccc2)O1.[Cl-].[Ti+4].c1cc[cH-]c1. The number of halogens is 1. The van der Waals surface area contributed by atoms with Crippen LogP contribution >= 0.6 is 0 Å². The summed E-state index contributed by atoms with van der Waals surface area (Å²) < 4.78 is 12.8. The van der Waals surface area contributed by atoms with Crippen LogP contribution in [0.2, 0.25) is 0 Å². The van der Waals surface area contributed by atoms with Crippen LogP contribution in [0.5, 0.6) is 0 Å². The molecule has 0 unspecified atom stereocenters. The topological polar surface area (TPSA) is 64.6 Å². The molecule has 0 aliphatic carbocycles. The largest absolute Gasteiger partial charge is 4.00 e. The Morgan fingerprint density at radius 3 is 1.00 bits per heavy atom. The molecule has 42 heavy (non-hydrogen) atoms. The minimum atomic E-state index is -1.89. The quantitative estimate of drug-likeness (QED) is 0.219. The van der Waals surface area contributed by atoms with Gasteiger partial charge in [-0.1, -0.05) is 144 Å². The molecule has 0 radical (unpaired) electrons. The molecule has 4 nitrogen and oxygen atoms in total. The predicted molar refractivity (Wildman–Crippen MR) is 153 cm³/mol. The summed E-state index contributed by atoms with van der Waals surface area (Å²) in [5, 5.41) is 30.3. The Labute approximate surface area is 269 Å². The Bertz CT molecular complexity index is 1250. The molecule has 0 spiro atoms. The maximum atomic E-state index is 15.2. The van der Waals surface area contributed by atoms with Crippen molar-refractivity contribution in [2.45, 2.75) is 43.0 Å². The van der Waals surface area contributed by atoms with Crippen molar-refractivity contribution in [2.75, 3.05) is 0 Å². The summed E-state index contributed by atoms with van der Waals surface area (Å²) in [4.78, 5) is 0. The number of rotatable bonds is 6. The second kappa shape index (κ2) is 14.5. The summed E-state index contributed by atoms with van der Waals surface area (Å²) in [5.41, 5.74) is -1.70. The van der Waals surface area contributed by atoms with Gasteiger partial charge in [0, 0.05) is 0 Å². The predicted octanol–water partition coefficient (Wildman–Crippen LogP) is 2.52. The number of hydrogen-bond acceptors (Lipinski definition) is 4. The molecule has 0 N–H and O–H groups in total. The van der Waals surface area contributed by atoms with Crippen molar-refractivity contribution in [3.63, 3.8) is 0 Å². The molecule has 1 fully saturated rings. The Morgan fingerprint density at radius 1 is 0.524 bits per heavy atom. The monoisotopic (exact) mass is 612 g/mol. The normalized spacial score (nSPS) is 17.6. The average Bonchev–Trinajstić information content (AvgIpc) is 3.70. The van der Waals surface area contributed by atoms with Crippen LogP contribution in [-0.4, -0.2) is 18.0 Å². The van der Waals surface area contributed by atoms with Gasteiger partial charge in [0.1, 0.15) is 0 Å². The Hall–Kier alpha value is -2.93. The van der Waals surface area contributed by atoms with Crippen LogP contribution in [0.25, 0.3) is 0 Å². The van der Waals surface area contributed by atoms with E-state index in [-0.39, 0.29) is 34.1 Å². The smallest absolute Gasteiger partial charge is 1.00 e. The van der Waals surface area contributed by atoms with E-state index in [2.05, 4.69) is 0 Å². The first-order valence-corrected chi connectivity index (χ1v) is 13.5. The van der Waals surface area contributed by atoms with E-state index in [4.69, 9.17) is 9.47 Å². The van der Waals surface area contributed by atoms with Gasteiger partial charge in [-0.05, 0) is 25.0 Å². The van der Waals surface area contributed by atoms with Gasteiger partial charge in [0.2, 0.25) is 0 Å². The van der Waals surface area contributed by atoms with E-state index in [1.165, 1.54) is 0 Å². The van der Waals surface area contributed by atoms with Crippen LogP contribution in [0, 0.1) is 0 Å². The molecule has 0 saturated carbocycles. The van der Waals surface area contributed by atoms with Gasteiger partial charge >= 0.3 is 21.7 Å². The number of hydrogen-bond donors (Lipinski definition) is 0. The summed E-state index contributed by atoms with van der Waals surface area (Å²) in [7, 11) is 0. The zero-order valence-electron chi connectivity index (χ0n) is 23.6. The van der Waals surface area contributed by atoms with Crippen LogP contribution in [-0.2, 0) is 42.4 Å². The van der Waals surface area contributed by atoms with Crippen LogP contribution in [0.1, 0.15) is 36.1 Å². The van der Waals surface area contributed by atoms with Crippen molar-refractivity contribution >= 4 is 0 Å². The minimum absolute atomic E-state index is 0. The molecule has 1 saturated heterocycles. The van der Waals surface area contributed by atoms with Crippen molar-refractivity contribution in [1.82, 2.24) is 0 Å². The number of ether oxygens (including phenoxy) is 2. The minimum Gasteiger partial charge on any atom is -1.00 e. The second-order valence-electron chi connectivity index (χ2n) is 10.4. The fraction of sp³-hybridized carbons (Fsp3) is 0.194. The molecule has 1 aliphatic heterocycles. The molecule has 5 aromatic carbocycles. The summed E-state index contributed by atoms with van der Waals surface area (Å²) in [6.45, 7) is 3.51. The van der Waals surface area contributed by atoms with E-state index >= 15 is 10.2 Å². The molecule has 2 atom stereocenters. The van der Waals surface area contributed by atoms with Gasteiger partial charge in [-0.15, -0.1) is 0 Å². The fourth-order valence-corrected chi connectivity index (χ4v) is 5.41. The van der Waals surface area contributed by atoms with Crippen molar-refractivity contribution in [1.29, 1.82) is 0 Å². The van der Waals surface area contributed by atoms with Gasteiger partial charge in [-0.3, -0.25) is 0 Å². The zero-order valence-corrected chi connectivity index (χ0v) is 25.9. The van der Waals surface area contributed by atoms with Gasteiger partial charge in [0.05, 0.1) is 12.2 Å². The third-order valence-corrected chi connectivity index (χ3v) is 7.26. The molecule has 0 amide bonds. The van der Waals surface area contributed by atoms with Crippen molar-refractivity contribution < 1.29 is 53.8 Å². The zero-order chi connectivity index (χ0) is 28.1. The first-order valence-electron chi connectivity index (χ1n) is 13.5. The summed E-state index contributed by atoms with van der Waals surface area (Å²) in [6.07, 6.45) is -2.22. The van der Waals surface area contributed by atoms with E-state index in [0.717, 1.165) is 0 Å². The van der Waals surface area contributed by atoms with Gasteiger partial charge in [-0.25, -0.2) is 12.1 Å². The molecular weight excluding hydrogens is 580 g/mol. The van der Waals surface area contributed by atoms with E-state index in [9.17, 15) is 0 Å². The molecule has 6 heteroatoms. The Kier molecular flexibility index (Phi) is 11.6. The van der Waals surface area contributed by atoms with E-state index in [1.807, 2.05) is 103 Å². The maximum absolute atomic E-state index is 15.2. The molecule has 0 bridgehead atoms. The van der Waals surface area contributed by atoms with Crippen molar-refractivity contribution in [3.8, 4) is 0 Å². The van der Waals surface area contributed by atoms with E-state index in [0.29, 0.717) is 22.3 Å². The first kappa shape index (κ1) is 33.6. The van der Waals surface area contributed by atoms with E-state index < -0.39 is 29.2 Å². The fourth-order valence-electron chi connectivity index (χ4n) is 5.41. The number of benzene rings is 4. The van der Waals surface area contributed by atoms with Gasteiger partial charge in [0.25, 0.3) is 0 Å². The van der Waals surface area contributed by atoms with Gasteiger partial charge in [-0.2, -0.15) is 18.2 Å². The third kappa shape index (κ3) is 6.83.